The van der Waals surface area contributed by atoms with Crippen LogP contribution in [0.5, 0.6) is 0 Å². The lowest BCUT2D eigenvalue weighted by molar-refractivity contribution is -0.130. The number of likely N-dealkylation sites (tertiary alicyclic amines) is 1. The summed E-state index contributed by atoms with van der Waals surface area (Å²) in [4.78, 5) is 16.6. The molecule has 110 valence electrons. The van der Waals surface area contributed by atoms with E-state index >= 15 is 0 Å². The van der Waals surface area contributed by atoms with Crippen molar-refractivity contribution in [3.8, 4) is 0 Å². The highest BCUT2D eigenvalue weighted by molar-refractivity contribution is 5.78. The summed E-state index contributed by atoms with van der Waals surface area (Å²) in [6, 6.07) is 0.941. The van der Waals surface area contributed by atoms with Gasteiger partial charge in [-0.25, -0.2) is 0 Å². The summed E-state index contributed by atoms with van der Waals surface area (Å²) in [7, 11) is 0. The van der Waals surface area contributed by atoms with Crippen molar-refractivity contribution in [2.24, 2.45) is 0 Å². The molecule has 0 aromatic carbocycles. The Morgan fingerprint density at radius 1 is 1.32 bits per heavy atom. The summed E-state index contributed by atoms with van der Waals surface area (Å²) in [6.45, 7) is 9.14. The van der Waals surface area contributed by atoms with Gasteiger partial charge in [-0.15, -0.1) is 0 Å². The first kappa shape index (κ1) is 14.8. The van der Waals surface area contributed by atoms with Crippen LogP contribution >= 0.6 is 0 Å². The number of hydrogen-bond acceptors (Lipinski definition) is 3. The topological polar surface area (TPSA) is 35.6 Å². The number of nitrogens with one attached hydrogen (secondary N) is 1. The average Bonchev–Trinajstić information content (AvgIpc) is 3.23. The minimum absolute atomic E-state index is 0.274. The molecule has 0 spiro atoms. The summed E-state index contributed by atoms with van der Waals surface area (Å²) in [6.07, 6.45) is 6.43. The van der Waals surface area contributed by atoms with Crippen molar-refractivity contribution in [3.63, 3.8) is 0 Å². The zero-order valence-electron chi connectivity index (χ0n) is 12.5. The standard InChI is InChI=1S/C15H29N3O/c1-3-18(14-7-8-14)15(19)11-16-13(2)12-17-9-5-4-6-10-17/h13-14,16H,3-12H2,1-2H3. The Labute approximate surface area is 117 Å². The molecule has 2 rings (SSSR count). The zero-order chi connectivity index (χ0) is 13.7. The molecule has 2 aliphatic rings. The number of piperidine rings is 1. The van der Waals surface area contributed by atoms with Crippen molar-refractivity contribution in [1.82, 2.24) is 15.1 Å². The van der Waals surface area contributed by atoms with Gasteiger partial charge in [0.1, 0.15) is 0 Å². The number of hydrogen-bond donors (Lipinski definition) is 1. The molecule has 1 atom stereocenters. The maximum Gasteiger partial charge on any atom is 0.236 e. The summed E-state index contributed by atoms with van der Waals surface area (Å²) in [5.74, 6) is 0.274. The molecule has 1 saturated heterocycles. The molecule has 4 nitrogen and oxygen atoms in total. The van der Waals surface area contributed by atoms with Gasteiger partial charge in [-0.3, -0.25) is 4.79 Å². The molecule has 0 bridgehead atoms. The van der Waals surface area contributed by atoms with Crippen LogP contribution in [0.1, 0.15) is 46.0 Å². The second kappa shape index (κ2) is 7.25. The lowest BCUT2D eigenvalue weighted by atomic mass is 10.1. The van der Waals surface area contributed by atoms with Crippen molar-refractivity contribution >= 4 is 5.91 Å². The minimum Gasteiger partial charge on any atom is -0.339 e. The van der Waals surface area contributed by atoms with Crippen LogP contribution in [0.15, 0.2) is 0 Å². The predicted octanol–water partition coefficient (Wildman–Crippen LogP) is 1.46. The lowest BCUT2D eigenvalue weighted by Gasteiger charge is -2.29. The third-order valence-corrected chi connectivity index (χ3v) is 4.23. The van der Waals surface area contributed by atoms with Crippen LogP contribution in [0.4, 0.5) is 0 Å². The van der Waals surface area contributed by atoms with Gasteiger partial charge < -0.3 is 15.1 Å². The van der Waals surface area contributed by atoms with E-state index in [2.05, 4.69) is 24.1 Å². The van der Waals surface area contributed by atoms with Gasteiger partial charge in [0.15, 0.2) is 0 Å². The van der Waals surface area contributed by atoms with Crippen LogP contribution in [0.3, 0.4) is 0 Å². The third-order valence-electron chi connectivity index (χ3n) is 4.23. The van der Waals surface area contributed by atoms with Gasteiger partial charge in [0.2, 0.25) is 5.91 Å². The van der Waals surface area contributed by atoms with Crippen molar-refractivity contribution in [2.45, 2.75) is 58.0 Å². The Hall–Kier alpha value is -0.610. The first-order valence-corrected chi connectivity index (χ1v) is 7.96. The highest BCUT2D eigenvalue weighted by Gasteiger charge is 2.31. The Morgan fingerprint density at radius 2 is 2.00 bits per heavy atom. The van der Waals surface area contributed by atoms with Gasteiger partial charge in [0.05, 0.1) is 6.54 Å². The number of rotatable bonds is 7. The quantitative estimate of drug-likeness (QED) is 0.758. The molecular formula is C15H29N3O. The number of nitrogens with zero attached hydrogens (tertiary/aromatic N) is 2. The second-order valence-electron chi connectivity index (χ2n) is 6.05. The Bertz CT molecular complexity index is 285. The third kappa shape index (κ3) is 4.77. The number of likely N-dealkylation sites (N-methyl/N-ethyl adjacent to an activating group) is 1. The van der Waals surface area contributed by atoms with Gasteiger partial charge in [0.25, 0.3) is 0 Å². The second-order valence-corrected chi connectivity index (χ2v) is 6.05. The van der Waals surface area contributed by atoms with Crippen molar-refractivity contribution < 1.29 is 4.79 Å². The van der Waals surface area contributed by atoms with Crippen molar-refractivity contribution in [1.29, 1.82) is 0 Å². The number of amides is 1. The summed E-state index contributed by atoms with van der Waals surface area (Å²) >= 11 is 0. The summed E-state index contributed by atoms with van der Waals surface area (Å²) in [5.41, 5.74) is 0. The maximum atomic E-state index is 12.1. The van der Waals surface area contributed by atoms with Crippen LogP contribution in [0.2, 0.25) is 0 Å². The van der Waals surface area contributed by atoms with E-state index in [9.17, 15) is 4.79 Å². The normalized spacial score (nSPS) is 22.2. The van der Waals surface area contributed by atoms with Gasteiger partial charge in [0, 0.05) is 25.2 Å². The molecule has 1 unspecified atom stereocenters. The Morgan fingerprint density at radius 3 is 2.58 bits per heavy atom. The Balaban J connectivity index is 1.64. The fraction of sp³-hybridized carbons (Fsp3) is 0.933. The molecule has 1 aliphatic carbocycles. The van der Waals surface area contributed by atoms with E-state index < -0.39 is 0 Å². The van der Waals surface area contributed by atoms with E-state index in [1.807, 2.05) is 4.90 Å². The van der Waals surface area contributed by atoms with E-state index in [-0.39, 0.29) is 5.91 Å². The molecule has 0 radical (unpaired) electrons. The van der Waals surface area contributed by atoms with Gasteiger partial charge in [-0.1, -0.05) is 6.42 Å². The number of carbonyl (C=O) groups excluding carboxylic acids is 1. The van der Waals surface area contributed by atoms with E-state index in [0.29, 0.717) is 18.6 Å². The molecule has 1 aliphatic heterocycles. The molecule has 2 fully saturated rings. The van der Waals surface area contributed by atoms with E-state index in [4.69, 9.17) is 0 Å². The molecule has 0 aromatic rings. The molecule has 4 heteroatoms. The molecular weight excluding hydrogens is 238 g/mol. The monoisotopic (exact) mass is 267 g/mol. The molecule has 1 N–H and O–H groups in total. The maximum absolute atomic E-state index is 12.1. The average molecular weight is 267 g/mol. The molecule has 1 heterocycles. The van der Waals surface area contributed by atoms with Crippen LogP contribution in [0, 0.1) is 0 Å². The van der Waals surface area contributed by atoms with Crippen molar-refractivity contribution in [2.75, 3.05) is 32.7 Å². The Kier molecular flexibility index (Phi) is 5.64. The van der Waals surface area contributed by atoms with E-state index in [1.165, 1.54) is 45.2 Å². The SMILES string of the molecule is CCN(C(=O)CNC(C)CN1CCCCC1)C1CC1. The van der Waals surface area contributed by atoms with Gasteiger partial charge >= 0.3 is 0 Å². The highest BCUT2D eigenvalue weighted by Crippen LogP contribution is 2.26. The van der Waals surface area contributed by atoms with Crippen LogP contribution in [-0.4, -0.2) is 60.5 Å². The predicted molar refractivity (Wildman–Crippen MR) is 78.2 cm³/mol. The fourth-order valence-corrected chi connectivity index (χ4v) is 2.98. The molecule has 19 heavy (non-hydrogen) atoms. The fourth-order valence-electron chi connectivity index (χ4n) is 2.98. The molecule has 1 amide bonds. The van der Waals surface area contributed by atoms with E-state index in [0.717, 1.165) is 13.1 Å². The zero-order valence-corrected chi connectivity index (χ0v) is 12.5. The first-order valence-electron chi connectivity index (χ1n) is 7.96. The van der Waals surface area contributed by atoms with Crippen LogP contribution < -0.4 is 5.32 Å². The summed E-state index contributed by atoms with van der Waals surface area (Å²) < 4.78 is 0. The van der Waals surface area contributed by atoms with Gasteiger partial charge in [-0.2, -0.15) is 0 Å². The number of carbonyl (C=O) groups is 1. The lowest BCUT2D eigenvalue weighted by Crippen LogP contribution is -2.46. The first-order chi connectivity index (χ1) is 9.20. The summed E-state index contributed by atoms with van der Waals surface area (Å²) in [5, 5.41) is 3.39. The van der Waals surface area contributed by atoms with Gasteiger partial charge in [-0.05, 0) is 52.6 Å². The molecule has 0 aromatic heterocycles. The van der Waals surface area contributed by atoms with Crippen molar-refractivity contribution in [3.05, 3.63) is 0 Å². The highest BCUT2D eigenvalue weighted by atomic mass is 16.2. The van der Waals surface area contributed by atoms with Crippen LogP contribution in [-0.2, 0) is 4.79 Å². The van der Waals surface area contributed by atoms with E-state index in [1.54, 1.807) is 0 Å². The smallest absolute Gasteiger partial charge is 0.236 e. The largest absolute Gasteiger partial charge is 0.339 e. The minimum atomic E-state index is 0.274. The van der Waals surface area contributed by atoms with Crippen LogP contribution in [0.25, 0.3) is 0 Å². The molecule has 1 saturated carbocycles.